The van der Waals surface area contributed by atoms with Crippen LogP contribution in [0.5, 0.6) is 0 Å². The van der Waals surface area contributed by atoms with Crippen LogP contribution in [0.15, 0.2) is 12.1 Å². The van der Waals surface area contributed by atoms with Gasteiger partial charge in [-0.3, -0.25) is 4.79 Å². The van der Waals surface area contributed by atoms with Gasteiger partial charge in [-0.05, 0) is 12.1 Å². The van der Waals surface area contributed by atoms with Crippen LogP contribution in [-0.4, -0.2) is 11.0 Å². The van der Waals surface area contributed by atoms with Crippen molar-refractivity contribution in [3.8, 4) is 0 Å². The number of amides is 1. The van der Waals surface area contributed by atoms with Gasteiger partial charge >= 0.3 is 0 Å². The fourth-order valence-electron chi connectivity index (χ4n) is 1.28. The lowest BCUT2D eigenvalue weighted by Crippen LogP contribution is -2.10. The highest BCUT2D eigenvalue weighted by molar-refractivity contribution is 6.37. The molecule has 1 aromatic rings. The largest absolute Gasteiger partial charge is 0.378 e. The lowest BCUT2D eigenvalue weighted by atomic mass is 10.1. The first-order chi connectivity index (χ1) is 6.11. The topological polar surface area (TPSA) is 49.3 Å². The SMILES string of the molecule is O=C1Nc2c(Cl)ccc(Cl)c2C1O. The van der Waals surface area contributed by atoms with Crippen LogP contribution in [0.2, 0.25) is 10.0 Å². The van der Waals surface area contributed by atoms with E-state index < -0.39 is 12.0 Å². The number of carbonyl (C=O) groups excluding carboxylic acids is 1. The molecule has 1 amide bonds. The fraction of sp³-hybridized carbons (Fsp3) is 0.125. The van der Waals surface area contributed by atoms with E-state index in [-0.39, 0.29) is 0 Å². The molecular formula is C8H5Cl2NO2. The second-order valence-electron chi connectivity index (χ2n) is 2.71. The van der Waals surface area contributed by atoms with E-state index in [0.717, 1.165) is 0 Å². The van der Waals surface area contributed by atoms with Gasteiger partial charge in [-0.1, -0.05) is 23.2 Å². The molecule has 1 aliphatic rings. The highest BCUT2D eigenvalue weighted by atomic mass is 35.5. The monoisotopic (exact) mass is 217 g/mol. The summed E-state index contributed by atoms with van der Waals surface area (Å²) in [4.78, 5) is 11.1. The van der Waals surface area contributed by atoms with E-state index in [0.29, 0.717) is 21.3 Å². The van der Waals surface area contributed by atoms with Gasteiger partial charge in [-0.25, -0.2) is 0 Å². The van der Waals surface area contributed by atoms with Gasteiger partial charge in [0.25, 0.3) is 5.91 Å². The second kappa shape index (κ2) is 2.87. The Morgan fingerprint density at radius 1 is 1.31 bits per heavy atom. The average Bonchev–Trinajstić information content (AvgIpc) is 2.38. The van der Waals surface area contributed by atoms with Gasteiger partial charge in [0.15, 0.2) is 6.10 Å². The molecule has 0 fully saturated rings. The smallest absolute Gasteiger partial charge is 0.258 e. The van der Waals surface area contributed by atoms with Gasteiger partial charge in [-0.2, -0.15) is 0 Å². The van der Waals surface area contributed by atoms with Crippen molar-refractivity contribution < 1.29 is 9.90 Å². The van der Waals surface area contributed by atoms with Crippen LogP contribution in [-0.2, 0) is 4.79 Å². The molecule has 5 heteroatoms. The van der Waals surface area contributed by atoms with Crippen molar-refractivity contribution in [1.29, 1.82) is 0 Å². The Morgan fingerprint density at radius 3 is 2.54 bits per heavy atom. The molecule has 0 radical (unpaired) electrons. The molecule has 1 unspecified atom stereocenters. The maximum absolute atomic E-state index is 11.1. The first-order valence-electron chi connectivity index (χ1n) is 3.58. The Balaban J connectivity index is 2.68. The molecule has 2 rings (SSSR count). The van der Waals surface area contributed by atoms with Gasteiger partial charge < -0.3 is 10.4 Å². The summed E-state index contributed by atoms with van der Waals surface area (Å²) in [6, 6.07) is 3.12. The number of aliphatic hydroxyl groups is 1. The summed E-state index contributed by atoms with van der Waals surface area (Å²) in [5.74, 6) is -0.495. The highest BCUT2D eigenvalue weighted by Gasteiger charge is 2.32. The lowest BCUT2D eigenvalue weighted by molar-refractivity contribution is -0.123. The molecule has 1 atom stereocenters. The van der Waals surface area contributed by atoms with Crippen LogP contribution in [0.1, 0.15) is 11.7 Å². The fourth-order valence-corrected chi connectivity index (χ4v) is 1.76. The van der Waals surface area contributed by atoms with Crippen molar-refractivity contribution in [3.63, 3.8) is 0 Å². The molecule has 0 aromatic heterocycles. The van der Waals surface area contributed by atoms with E-state index in [1.54, 1.807) is 12.1 Å². The standard InChI is InChI=1S/C8H5Cl2NO2/c9-3-1-2-4(10)6-5(3)7(12)8(13)11-6/h1-2,7,12H,(H,11,13). The summed E-state index contributed by atoms with van der Waals surface area (Å²) >= 11 is 11.6. The minimum absolute atomic E-state index is 0.338. The van der Waals surface area contributed by atoms with Crippen LogP contribution in [0.3, 0.4) is 0 Å². The quantitative estimate of drug-likeness (QED) is 0.699. The van der Waals surface area contributed by atoms with Crippen molar-refractivity contribution in [3.05, 3.63) is 27.7 Å². The first-order valence-corrected chi connectivity index (χ1v) is 4.33. The third-order valence-corrected chi connectivity index (χ3v) is 2.56. The Morgan fingerprint density at radius 2 is 1.92 bits per heavy atom. The number of hydrogen-bond donors (Lipinski definition) is 2. The molecule has 1 heterocycles. The van der Waals surface area contributed by atoms with E-state index in [4.69, 9.17) is 23.2 Å². The van der Waals surface area contributed by atoms with Crippen molar-refractivity contribution in [2.45, 2.75) is 6.10 Å². The van der Waals surface area contributed by atoms with Crippen LogP contribution in [0, 0.1) is 0 Å². The summed E-state index contributed by atoms with van der Waals surface area (Å²) in [6.45, 7) is 0. The first kappa shape index (κ1) is 8.81. The normalized spacial score (nSPS) is 19.9. The molecule has 3 nitrogen and oxygen atoms in total. The number of carbonyl (C=O) groups is 1. The molecule has 68 valence electrons. The maximum atomic E-state index is 11.1. The summed E-state index contributed by atoms with van der Waals surface area (Å²) in [6.07, 6.45) is -1.21. The molecule has 0 bridgehead atoms. The number of anilines is 1. The predicted octanol–water partition coefficient (Wildman–Crippen LogP) is 1.98. The summed E-state index contributed by atoms with van der Waals surface area (Å²) < 4.78 is 0. The second-order valence-corrected chi connectivity index (χ2v) is 3.52. The molecule has 0 saturated carbocycles. The number of halogens is 2. The lowest BCUT2D eigenvalue weighted by Gasteiger charge is -2.03. The third kappa shape index (κ3) is 1.20. The number of benzene rings is 1. The van der Waals surface area contributed by atoms with E-state index in [2.05, 4.69) is 5.32 Å². The number of rotatable bonds is 0. The molecule has 1 aliphatic heterocycles. The van der Waals surface area contributed by atoms with Gasteiger partial charge in [0.2, 0.25) is 0 Å². The number of fused-ring (bicyclic) bond motifs is 1. The van der Waals surface area contributed by atoms with Crippen LogP contribution in [0.4, 0.5) is 5.69 Å². The molecule has 13 heavy (non-hydrogen) atoms. The van der Waals surface area contributed by atoms with Crippen LogP contribution in [0.25, 0.3) is 0 Å². The Hall–Kier alpha value is -0.770. The number of aliphatic hydroxyl groups excluding tert-OH is 1. The summed E-state index contributed by atoms with van der Waals surface area (Å²) in [7, 11) is 0. The number of hydrogen-bond acceptors (Lipinski definition) is 2. The summed E-state index contributed by atoms with van der Waals surface area (Å²) in [5, 5.41) is 12.6. The Labute approximate surface area is 84.3 Å². The third-order valence-electron chi connectivity index (χ3n) is 1.91. The van der Waals surface area contributed by atoms with Crippen molar-refractivity contribution in [2.24, 2.45) is 0 Å². The molecular weight excluding hydrogens is 213 g/mol. The zero-order valence-electron chi connectivity index (χ0n) is 6.34. The van der Waals surface area contributed by atoms with Gasteiger partial charge in [0.05, 0.1) is 10.7 Å². The Bertz CT molecular complexity index is 392. The van der Waals surface area contributed by atoms with Gasteiger partial charge in [0.1, 0.15) is 0 Å². The average molecular weight is 218 g/mol. The predicted molar refractivity (Wildman–Crippen MR) is 50.1 cm³/mol. The molecule has 0 saturated heterocycles. The molecule has 0 aliphatic carbocycles. The highest BCUT2D eigenvalue weighted by Crippen LogP contribution is 2.40. The maximum Gasteiger partial charge on any atom is 0.258 e. The zero-order chi connectivity index (χ0) is 9.59. The van der Waals surface area contributed by atoms with Crippen LogP contribution >= 0.6 is 23.2 Å². The van der Waals surface area contributed by atoms with Gasteiger partial charge in [-0.15, -0.1) is 0 Å². The van der Waals surface area contributed by atoms with Gasteiger partial charge in [0, 0.05) is 10.6 Å². The van der Waals surface area contributed by atoms with Crippen molar-refractivity contribution in [1.82, 2.24) is 0 Å². The zero-order valence-corrected chi connectivity index (χ0v) is 7.86. The van der Waals surface area contributed by atoms with E-state index >= 15 is 0 Å². The van der Waals surface area contributed by atoms with Crippen molar-refractivity contribution in [2.75, 3.05) is 5.32 Å². The molecule has 0 spiro atoms. The Kier molecular flexibility index (Phi) is 1.95. The minimum Gasteiger partial charge on any atom is -0.378 e. The van der Waals surface area contributed by atoms with E-state index in [1.807, 2.05) is 0 Å². The molecule has 1 aromatic carbocycles. The van der Waals surface area contributed by atoms with Crippen LogP contribution < -0.4 is 5.32 Å². The van der Waals surface area contributed by atoms with E-state index in [1.165, 1.54) is 0 Å². The van der Waals surface area contributed by atoms with Crippen molar-refractivity contribution >= 4 is 34.8 Å². The number of nitrogens with one attached hydrogen (secondary N) is 1. The summed E-state index contributed by atoms with van der Waals surface area (Å²) in [5.41, 5.74) is 0.769. The molecule has 2 N–H and O–H groups in total. The minimum atomic E-state index is -1.21. The van der Waals surface area contributed by atoms with E-state index in [9.17, 15) is 9.90 Å².